The fourth-order valence-electron chi connectivity index (χ4n) is 3.38. The zero-order valence-corrected chi connectivity index (χ0v) is 18.2. The van der Waals surface area contributed by atoms with Gasteiger partial charge in [-0.15, -0.1) is 0 Å². The Morgan fingerprint density at radius 2 is 1.36 bits per heavy atom. The summed E-state index contributed by atoms with van der Waals surface area (Å²) in [6, 6.07) is 32.0. The van der Waals surface area contributed by atoms with Gasteiger partial charge < -0.3 is 15.4 Å². The van der Waals surface area contributed by atoms with Crippen LogP contribution in [0.25, 0.3) is 11.1 Å². The predicted molar refractivity (Wildman–Crippen MR) is 132 cm³/mol. The Labute approximate surface area is 193 Å². The molecule has 5 nitrogen and oxygen atoms in total. The highest BCUT2D eigenvalue weighted by Crippen LogP contribution is 2.22. The third-order valence-electron chi connectivity index (χ3n) is 5.02. The Kier molecular flexibility index (Phi) is 6.81. The van der Waals surface area contributed by atoms with Gasteiger partial charge in [-0.25, -0.2) is 0 Å². The molecule has 4 aromatic carbocycles. The van der Waals surface area contributed by atoms with Crippen LogP contribution in [0.3, 0.4) is 0 Å². The fraction of sp³-hybridized carbons (Fsp3) is 0.0714. The number of amides is 2. The van der Waals surface area contributed by atoms with Crippen LogP contribution in [0.1, 0.15) is 15.9 Å². The van der Waals surface area contributed by atoms with Crippen LogP contribution in [0.4, 0.5) is 11.4 Å². The van der Waals surface area contributed by atoms with Gasteiger partial charge in [-0.2, -0.15) is 0 Å². The van der Waals surface area contributed by atoms with E-state index in [0.29, 0.717) is 17.0 Å². The van der Waals surface area contributed by atoms with Crippen molar-refractivity contribution in [2.24, 2.45) is 0 Å². The minimum atomic E-state index is -0.307. The number of carbonyl (C=O) groups is 2. The maximum absolute atomic E-state index is 12.6. The van der Waals surface area contributed by atoms with Gasteiger partial charge in [0.15, 0.2) is 6.61 Å². The molecule has 164 valence electrons. The van der Waals surface area contributed by atoms with Gasteiger partial charge in [0.05, 0.1) is 0 Å². The molecule has 0 aliphatic rings. The summed E-state index contributed by atoms with van der Waals surface area (Å²) in [4.78, 5) is 24.9. The van der Waals surface area contributed by atoms with E-state index in [1.807, 2.05) is 85.8 Å². The van der Waals surface area contributed by atoms with Crippen molar-refractivity contribution in [3.63, 3.8) is 0 Å². The predicted octanol–water partition coefficient (Wildman–Crippen LogP) is 5.93. The van der Waals surface area contributed by atoms with Crippen LogP contribution in [0.5, 0.6) is 5.75 Å². The Morgan fingerprint density at radius 3 is 2.09 bits per heavy atom. The van der Waals surface area contributed by atoms with Crippen molar-refractivity contribution in [1.82, 2.24) is 0 Å². The van der Waals surface area contributed by atoms with Crippen LogP contribution in [-0.2, 0) is 4.79 Å². The molecule has 0 saturated heterocycles. The molecule has 33 heavy (non-hydrogen) atoms. The lowest BCUT2D eigenvalue weighted by Crippen LogP contribution is -2.20. The summed E-state index contributed by atoms with van der Waals surface area (Å²) >= 11 is 0. The average molecular weight is 437 g/mol. The largest absolute Gasteiger partial charge is 0.484 e. The number of hydrogen-bond acceptors (Lipinski definition) is 3. The molecule has 0 unspecified atom stereocenters. The summed E-state index contributed by atoms with van der Waals surface area (Å²) in [6.07, 6.45) is 0. The highest BCUT2D eigenvalue weighted by Gasteiger charge is 2.09. The fourth-order valence-corrected chi connectivity index (χ4v) is 3.38. The number of hydrogen-bond donors (Lipinski definition) is 2. The van der Waals surface area contributed by atoms with E-state index >= 15 is 0 Å². The van der Waals surface area contributed by atoms with E-state index in [2.05, 4.69) is 10.6 Å². The molecular formula is C28H24N2O3. The number of ether oxygens (including phenoxy) is 1. The maximum Gasteiger partial charge on any atom is 0.262 e. The molecule has 4 rings (SSSR count). The molecule has 2 amide bonds. The Bertz CT molecular complexity index is 1250. The van der Waals surface area contributed by atoms with Gasteiger partial charge in [0.25, 0.3) is 11.8 Å². The molecule has 0 aliphatic heterocycles. The molecule has 0 radical (unpaired) electrons. The van der Waals surface area contributed by atoms with Gasteiger partial charge in [0, 0.05) is 16.9 Å². The van der Waals surface area contributed by atoms with Crippen molar-refractivity contribution in [3.05, 3.63) is 114 Å². The molecule has 0 saturated carbocycles. The van der Waals surface area contributed by atoms with E-state index in [0.717, 1.165) is 22.4 Å². The van der Waals surface area contributed by atoms with E-state index in [4.69, 9.17) is 4.74 Å². The number of benzene rings is 4. The Hall–Kier alpha value is -4.38. The van der Waals surface area contributed by atoms with Crippen molar-refractivity contribution in [3.8, 4) is 16.9 Å². The normalized spacial score (nSPS) is 10.3. The first-order valence-corrected chi connectivity index (χ1v) is 10.6. The van der Waals surface area contributed by atoms with E-state index in [1.54, 1.807) is 24.3 Å². The van der Waals surface area contributed by atoms with Crippen molar-refractivity contribution in [2.45, 2.75) is 6.92 Å². The van der Waals surface area contributed by atoms with Crippen LogP contribution < -0.4 is 15.4 Å². The second-order valence-electron chi connectivity index (χ2n) is 7.63. The summed E-state index contributed by atoms with van der Waals surface area (Å²) < 4.78 is 5.61. The summed E-state index contributed by atoms with van der Waals surface area (Å²) in [5.41, 5.74) is 4.96. The topological polar surface area (TPSA) is 67.4 Å². The molecule has 0 fully saturated rings. The molecule has 0 bridgehead atoms. The maximum atomic E-state index is 12.6. The Morgan fingerprint density at radius 1 is 0.697 bits per heavy atom. The molecule has 0 aliphatic carbocycles. The summed E-state index contributed by atoms with van der Waals surface area (Å²) in [6.45, 7) is 1.83. The van der Waals surface area contributed by atoms with Crippen molar-refractivity contribution in [1.29, 1.82) is 0 Å². The number of nitrogens with one attached hydrogen (secondary N) is 2. The molecule has 0 heterocycles. The van der Waals surface area contributed by atoms with Crippen LogP contribution >= 0.6 is 0 Å². The van der Waals surface area contributed by atoms with Gasteiger partial charge in [0.2, 0.25) is 0 Å². The number of carbonyl (C=O) groups excluding carboxylic acids is 2. The van der Waals surface area contributed by atoms with Gasteiger partial charge in [-0.1, -0.05) is 60.7 Å². The molecule has 0 aromatic heterocycles. The van der Waals surface area contributed by atoms with Crippen molar-refractivity contribution >= 4 is 23.2 Å². The first-order chi connectivity index (χ1) is 16.1. The van der Waals surface area contributed by atoms with Crippen molar-refractivity contribution in [2.75, 3.05) is 17.2 Å². The summed E-state index contributed by atoms with van der Waals surface area (Å²) in [7, 11) is 0. The van der Waals surface area contributed by atoms with E-state index < -0.39 is 0 Å². The van der Waals surface area contributed by atoms with Crippen LogP contribution in [0.2, 0.25) is 0 Å². The van der Waals surface area contributed by atoms with Gasteiger partial charge >= 0.3 is 0 Å². The second-order valence-corrected chi connectivity index (χ2v) is 7.63. The lowest BCUT2D eigenvalue weighted by atomic mass is 10.1. The lowest BCUT2D eigenvalue weighted by Gasteiger charge is -2.10. The average Bonchev–Trinajstić information content (AvgIpc) is 2.84. The summed E-state index contributed by atoms with van der Waals surface area (Å²) in [5, 5.41) is 5.64. The SMILES string of the molecule is Cc1cccc(NC(=O)c2cccc(NC(=O)COc3ccc(-c4ccccc4)cc3)c2)c1. The van der Waals surface area contributed by atoms with E-state index in [1.165, 1.54) is 0 Å². The molecule has 4 aromatic rings. The van der Waals surface area contributed by atoms with Crippen LogP contribution in [-0.4, -0.2) is 18.4 Å². The standard InChI is InChI=1S/C28H24N2O3/c1-20-7-5-11-24(17-20)30-28(32)23-10-6-12-25(18-23)29-27(31)19-33-26-15-13-22(14-16-26)21-8-3-2-4-9-21/h2-18H,19H2,1H3,(H,29,31)(H,30,32). The minimum Gasteiger partial charge on any atom is -0.484 e. The highest BCUT2D eigenvalue weighted by molar-refractivity contribution is 6.05. The third kappa shape index (κ3) is 6.08. The zero-order chi connectivity index (χ0) is 23.0. The number of anilines is 2. The van der Waals surface area contributed by atoms with Crippen LogP contribution in [0, 0.1) is 6.92 Å². The van der Waals surface area contributed by atoms with E-state index in [9.17, 15) is 9.59 Å². The van der Waals surface area contributed by atoms with Gasteiger partial charge in [-0.3, -0.25) is 9.59 Å². The van der Waals surface area contributed by atoms with Crippen molar-refractivity contribution < 1.29 is 14.3 Å². The molecule has 2 N–H and O–H groups in total. The van der Waals surface area contributed by atoms with Gasteiger partial charge in [-0.05, 0) is 66.1 Å². The quantitative estimate of drug-likeness (QED) is 0.377. The molecule has 5 heteroatoms. The first-order valence-electron chi connectivity index (χ1n) is 10.6. The van der Waals surface area contributed by atoms with Crippen LogP contribution in [0.15, 0.2) is 103 Å². The second kappa shape index (κ2) is 10.3. The monoisotopic (exact) mass is 436 g/mol. The molecular weight excluding hydrogens is 412 g/mol. The minimum absolute atomic E-state index is 0.135. The third-order valence-corrected chi connectivity index (χ3v) is 5.02. The molecule has 0 atom stereocenters. The smallest absolute Gasteiger partial charge is 0.262 e. The zero-order valence-electron chi connectivity index (χ0n) is 18.2. The Balaban J connectivity index is 1.32. The summed E-state index contributed by atoms with van der Waals surface area (Å²) in [5.74, 6) is 0.0564. The number of rotatable bonds is 7. The highest BCUT2D eigenvalue weighted by atomic mass is 16.5. The van der Waals surface area contributed by atoms with Gasteiger partial charge in [0.1, 0.15) is 5.75 Å². The first kappa shape index (κ1) is 21.8. The number of aryl methyl sites for hydroxylation is 1. The molecule has 0 spiro atoms. The lowest BCUT2D eigenvalue weighted by molar-refractivity contribution is -0.118. The van der Waals surface area contributed by atoms with E-state index in [-0.39, 0.29) is 18.4 Å².